The van der Waals surface area contributed by atoms with E-state index in [2.05, 4.69) is 15.6 Å². The number of nitro groups is 1. The van der Waals surface area contributed by atoms with Gasteiger partial charge in [0.05, 0.1) is 15.5 Å². The molecule has 2 N–H and O–H groups in total. The fourth-order valence-corrected chi connectivity index (χ4v) is 2.82. The standard InChI is InChI=1S/C15H15ClN4O4S/c1-8(2)12(14(22)19-15-17-5-6-25-15)18-13(21)10-4-3-9(20(23)24)7-11(10)16/h3-8,12H,1-2H3,(H,18,21)(H,17,19,22)/t12-/m0/s1. The highest BCUT2D eigenvalue weighted by atomic mass is 35.5. The predicted octanol–water partition coefficient (Wildman–Crippen LogP) is 3.10. The molecule has 0 saturated carbocycles. The van der Waals surface area contributed by atoms with E-state index in [4.69, 9.17) is 11.6 Å². The molecule has 0 bridgehead atoms. The monoisotopic (exact) mass is 382 g/mol. The maximum atomic E-state index is 12.4. The van der Waals surface area contributed by atoms with Crippen LogP contribution in [0.2, 0.25) is 5.02 Å². The second-order valence-corrected chi connectivity index (χ2v) is 6.74. The molecule has 0 fully saturated rings. The van der Waals surface area contributed by atoms with Crippen molar-refractivity contribution >= 4 is 45.6 Å². The first-order valence-electron chi connectivity index (χ1n) is 7.24. The molecule has 0 aliphatic rings. The predicted molar refractivity (Wildman–Crippen MR) is 94.9 cm³/mol. The van der Waals surface area contributed by atoms with Gasteiger partial charge in [0.1, 0.15) is 6.04 Å². The van der Waals surface area contributed by atoms with Crippen molar-refractivity contribution in [1.82, 2.24) is 10.3 Å². The number of benzene rings is 1. The number of halogens is 1. The molecule has 1 aromatic carbocycles. The first kappa shape index (κ1) is 18.8. The van der Waals surface area contributed by atoms with Crippen molar-refractivity contribution in [3.05, 3.63) is 50.5 Å². The van der Waals surface area contributed by atoms with Gasteiger partial charge in [-0.15, -0.1) is 11.3 Å². The summed E-state index contributed by atoms with van der Waals surface area (Å²) in [5, 5.41) is 18.1. The summed E-state index contributed by atoms with van der Waals surface area (Å²) in [6, 6.07) is 2.71. The number of nitro benzene ring substituents is 1. The number of aromatic nitrogens is 1. The zero-order valence-electron chi connectivity index (χ0n) is 13.4. The van der Waals surface area contributed by atoms with E-state index in [1.54, 1.807) is 25.4 Å². The topological polar surface area (TPSA) is 114 Å². The number of anilines is 1. The Hall–Kier alpha value is -2.52. The lowest BCUT2D eigenvalue weighted by molar-refractivity contribution is -0.384. The minimum absolute atomic E-state index is 0.0555. The van der Waals surface area contributed by atoms with Crippen LogP contribution in [0, 0.1) is 16.0 Å². The number of hydrogen-bond donors (Lipinski definition) is 2. The van der Waals surface area contributed by atoms with Gasteiger partial charge in [-0.3, -0.25) is 19.7 Å². The molecule has 1 atom stereocenters. The van der Waals surface area contributed by atoms with Crippen LogP contribution < -0.4 is 10.6 Å². The van der Waals surface area contributed by atoms with Gasteiger partial charge in [0.2, 0.25) is 5.91 Å². The Labute approximate surface area is 152 Å². The molecule has 10 heteroatoms. The van der Waals surface area contributed by atoms with Gasteiger partial charge in [0, 0.05) is 23.7 Å². The number of carbonyl (C=O) groups excluding carboxylic acids is 2. The average Bonchev–Trinajstić information content (AvgIpc) is 3.04. The molecule has 2 aromatic rings. The van der Waals surface area contributed by atoms with E-state index in [-0.39, 0.29) is 22.2 Å². The Bertz CT molecular complexity index is 795. The van der Waals surface area contributed by atoms with Gasteiger partial charge in [-0.1, -0.05) is 25.4 Å². The molecule has 1 heterocycles. The summed E-state index contributed by atoms with van der Waals surface area (Å²) in [5.74, 6) is -1.19. The molecule has 0 spiro atoms. The maximum Gasteiger partial charge on any atom is 0.270 e. The quantitative estimate of drug-likeness (QED) is 0.588. The molecule has 0 unspecified atom stereocenters. The van der Waals surface area contributed by atoms with Crippen LogP contribution in [0.5, 0.6) is 0 Å². The summed E-state index contributed by atoms with van der Waals surface area (Å²) >= 11 is 7.21. The van der Waals surface area contributed by atoms with Crippen molar-refractivity contribution < 1.29 is 14.5 Å². The lowest BCUT2D eigenvalue weighted by Crippen LogP contribution is -2.47. The molecular weight excluding hydrogens is 368 g/mol. The highest BCUT2D eigenvalue weighted by molar-refractivity contribution is 7.13. The van der Waals surface area contributed by atoms with Gasteiger partial charge >= 0.3 is 0 Å². The van der Waals surface area contributed by atoms with E-state index in [1.165, 1.54) is 23.5 Å². The molecule has 2 rings (SSSR count). The Morgan fingerprint density at radius 3 is 2.60 bits per heavy atom. The van der Waals surface area contributed by atoms with Crippen LogP contribution in [0.15, 0.2) is 29.8 Å². The summed E-state index contributed by atoms with van der Waals surface area (Å²) in [7, 11) is 0. The number of rotatable bonds is 6. The normalized spacial score (nSPS) is 11.8. The highest BCUT2D eigenvalue weighted by Crippen LogP contribution is 2.23. The van der Waals surface area contributed by atoms with E-state index in [9.17, 15) is 19.7 Å². The lowest BCUT2D eigenvalue weighted by atomic mass is 10.0. The molecule has 0 aliphatic heterocycles. The van der Waals surface area contributed by atoms with Crippen LogP contribution in [0.4, 0.5) is 10.8 Å². The number of thiazole rings is 1. The van der Waals surface area contributed by atoms with Crippen LogP contribution in [-0.2, 0) is 4.79 Å². The smallest absolute Gasteiger partial charge is 0.270 e. The lowest BCUT2D eigenvalue weighted by Gasteiger charge is -2.21. The zero-order valence-corrected chi connectivity index (χ0v) is 14.9. The second kappa shape index (κ2) is 8.04. The molecular formula is C15H15ClN4O4S. The van der Waals surface area contributed by atoms with E-state index in [0.29, 0.717) is 5.13 Å². The molecule has 132 valence electrons. The first-order chi connectivity index (χ1) is 11.8. The van der Waals surface area contributed by atoms with Crippen molar-refractivity contribution in [2.24, 2.45) is 5.92 Å². The third kappa shape index (κ3) is 4.74. The number of amides is 2. The van der Waals surface area contributed by atoms with Crippen LogP contribution in [0.3, 0.4) is 0 Å². The van der Waals surface area contributed by atoms with Crippen molar-refractivity contribution in [1.29, 1.82) is 0 Å². The molecule has 25 heavy (non-hydrogen) atoms. The molecule has 2 amide bonds. The SMILES string of the molecule is CC(C)[C@H](NC(=O)c1ccc([N+](=O)[O-])cc1Cl)C(=O)Nc1nccs1. The second-order valence-electron chi connectivity index (χ2n) is 5.44. The Kier molecular flexibility index (Phi) is 6.05. The van der Waals surface area contributed by atoms with Gasteiger partial charge in [0.15, 0.2) is 5.13 Å². The number of carbonyl (C=O) groups is 2. The van der Waals surface area contributed by atoms with Crippen molar-refractivity contribution in [3.63, 3.8) is 0 Å². The summed E-state index contributed by atoms with van der Waals surface area (Å²) < 4.78 is 0. The summed E-state index contributed by atoms with van der Waals surface area (Å²) in [6.45, 7) is 3.56. The maximum absolute atomic E-state index is 12.4. The van der Waals surface area contributed by atoms with Gasteiger partial charge in [-0.2, -0.15) is 0 Å². The minimum atomic E-state index is -0.817. The first-order valence-corrected chi connectivity index (χ1v) is 8.50. The Morgan fingerprint density at radius 2 is 2.08 bits per heavy atom. The Morgan fingerprint density at radius 1 is 1.36 bits per heavy atom. The van der Waals surface area contributed by atoms with E-state index < -0.39 is 22.8 Å². The average molecular weight is 383 g/mol. The van der Waals surface area contributed by atoms with Crippen molar-refractivity contribution in [2.75, 3.05) is 5.32 Å². The molecule has 0 saturated heterocycles. The van der Waals surface area contributed by atoms with Crippen LogP contribution in [0.1, 0.15) is 24.2 Å². The molecule has 8 nitrogen and oxygen atoms in total. The summed E-state index contributed by atoms with van der Waals surface area (Å²) in [5.41, 5.74) is -0.163. The van der Waals surface area contributed by atoms with Crippen molar-refractivity contribution in [3.8, 4) is 0 Å². The molecule has 0 aliphatic carbocycles. The molecule has 0 radical (unpaired) electrons. The Balaban J connectivity index is 2.15. The largest absolute Gasteiger partial charge is 0.340 e. The number of hydrogen-bond acceptors (Lipinski definition) is 6. The minimum Gasteiger partial charge on any atom is -0.340 e. The fraction of sp³-hybridized carbons (Fsp3) is 0.267. The highest BCUT2D eigenvalue weighted by Gasteiger charge is 2.26. The van der Waals surface area contributed by atoms with E-state index >= 15 is 0 Å². The number of nitrogens with one attached hydrogen (secondary N) is 2. The van der Waals surface area contributed by atoms with Gasteiger partial charge in [0.25, 0.3) is 11.6 Å². The number of non-ortho nitro benzene ring substituents is 1. The summed E-state index contributed by atoms with van der Waals surface area (Å²) in [6.07, 6.45) is 1.56. The van der Waals surface area contributed by atoms with Crippen LogP contribution in [0.25, 0.3) is 0 Å². The fourth-order valence-electron chi connectivity index (χ4n) is 2.02. The summed E-state index contributed by atoms with van der Waals surface area (Å²) in [4.78, 5) is 38.9. The van der Waals surface area contributed by atoms with Crippen LogP contribution >= 0.6 is 22.9 Å². The molecule has 1 aromatic heterocycles. The van der Waals surface area contributed by atoms with Crippen LogP contribution in [-0.4, -0.2) is 27.8 Å². The van der Waals surface area contributed by atoms with E-state index in [0.717, 1.165) is 6.07 Å². The third-order valence-corrected chi connectivity index (χ3v) is 4.31. The third-order valence-electron chi connectivity index (χ3n) is 3.31. The van der Waals surface area contributed by atoms with Gasteiger partial charge in [-0.05, 0) is 12.0 Å². The van der Waals surface area contributed by atoms with Gasteiger partial charge in [-0.25, -0.2) is 4.98 Å². The zero-order chi connectivity index (χ0) is 18.6. The van der Waals surface area contributed by atoms with Gasteiger partial charge < -0.3 is 10.6 Å². The number of nitrogens with zero attached hydrogens (tertiary/aromatic N) is 2. The van der Waals surface area contributed by atoms with E-state index in [1.807, 2.05) is 0 Å². The van der Waals surface area contributed by atoms with Crippen molar-refractivity contribution in [2.45, 2.75) is 19.9 Å².